The van der Waals surface area contributed by atoms with E-state index >= 15 is 0 Å². The molecule has 162 valence electrons. The zero-order valence-electron chi connectivity index (χ0n) is 17.1. The predicted octanol–water partition coefficient (Wildman–Crippen LogP) is 3.18. The van der Waals surface area contributed by atoms with E-state index in [1.54, 1.807) is 15.3 Å². The van der Waals surface area contributed by atoms with Gasteiger partial charge in [0.25, 0.3) is 0 Å². The molecule has 4 rings (SSSR count). The fourth-order valence-corrected chi connectivity index (χ4v) is 4.57. The number of anilines is 1. The molecule has 0 bridgehead atoms. The lowest BCUT2D eigenvalue weighted by atomic mass is 10.0. The van der Waals surface area contributed by atoms with E-state index in [1.807, 2.05) is 30.3 Å². The van der Waals surface area contributed by atoms with Crippen LogP contribution in [-0.4, -0.2) is 38.4 Å². The third kappa shape index (κ3) is 5.00. The monoisotopic (exact) mass is 442 g/mol. The number of hydrogen-bond donors (Lipinski definition) is 2. The van der Waals surface area contributed by atoms with Crippen molar-refractivity contribution in [1.29, 1.82) is 0 Å². The number of carbonyl (C=O) groups excluding carboxylic acids is 2. The average molecular weight is 443 g/mol. The van der Waals surface area contributed by atoms with E-state index in [1.165, 1.54) is 19.1 Å². The zero-order chi connectivity index (χ0) is 22.0. The van der Waals surface area contributed by atoms with Gasteiger partial charge in [0.1, 0.15) is 5.82 Å². The van der Waals surface area contributed by atoms with Crippen LogP contribution in [0.4, 0.5) is 14.9 Å². The summed E-state index contributed by atoms with van der Waals surface area (Å²) >= 11 is -1.52. The van der Waals surface area contributed by atoms with Gasteiger partial charge in [-0.25, -0.2) is 17.7 Å². The minimum Gasteiger partial charge on any atom is -0.316 e. The molecular formula is C22H23FN4O3S. The van der Waals surface area contributed by atoms with Crippen LogP contribution in [0.5, 0.6) is 0 Å². The summed E-state index contributed by atoms with van der Waals surface area (Å²) in [6.45, 7) is 3.25. The van der Waals surface area contributed by atoms with Gasteiger partial charge < -0.3 is 10.2 Å². The Kier molecular flexibility index (Phi) is 6.15. The Balaban J connectivity index is 1.34. The maximum absolute atomic E-state index is 13.4. The molecule has 2 aliphatic rings. The smallest absolute Gasteiger partial charge is 0.316 e. The summed E-state index contributed by atoms with van der Waals surface area (Å²) in [7, 11) is 0. The number of carbonyl (C=O) groups is 2. The number of hydrogen-bond acceptors (Lipinski definition) is 3. The first-order chi connectivity index (χ1) is 14.9. The van der Waals surface area contributed by atoms with Gasteiger partial charge in [0.05, 0.1) is 0 Å². The van der Waals surface area contributed by atoms with Gasteiger partial charge in [-0.1, -0.05) is 24.3 Å². The minimum absolute atomic E-state index is 0.225. The first-order valence-electron chi connectivity index (χ1n) is 9.96. The molecule has 31 heavy (non-hydrogen) atoms. The Bertz CT molecular complexity index is 1070. The van der Waals surface area contributed by atoms with Crippen molar-refractivity contribution in [3.63, 3.8) is 0 Å². The third-order valence-electron chi connectivity index (χ3n) is 5.32. The molecule has 2 aromatic rings. The first-order valence-corrected chi connectivity index (χ1v) is 11.1. The number of nitrogens with zero attached hydrogens (tertiary/aromatic N) is 2. The van der Waals surface area contributed by atoms with Gasteiger partial charge in [0, 0.05) is 38.8 Å². The lowest BCUT2D eigenvalue weighted by molar-refractivity contribution is -0.117. The molecule has 0 aliphatic carbocycles. The van der Waals surface area contributed by atoms with Gasteiger partial charge >= 0.3 is 6.03 Å². The molecule has 0 radical (unpaired) electrons. The minimum atomic E-state index is -1.52. The van der Waals surface area contributed by atoms with Crippen LogP contribution < -0.4 is 10.0 Å². The van der Waals surface area contributed by atoms with Crippen LogP contribution in [0.25, 0.3) is 5.57 Å². The molecule has 0 saturated heterocycles. The van der Waals surface area contributed by atoms with Gasteiger partial charge in [0.15, 0.2) is 11.2 Å². The maximum atomic E-state index is 13.4. The summed E-state index contributed by atoms with van der Waals surface area (Å²) in [6.07, 6.45) is 2.71. The quantitative estimate of drug-likeness (QED) is 0.763. The Morgan fingerprint density at radius 1 is 1.06 bits per heavy atom. The van der Waals surface area contributed by atoms with Crippen molar-refractivity contribution in [2.24, 2.45) is 0 Å². The van der Waals surface area contributed by atoms with Gasteiger partial charge in [-0.3, -0.25) is 9.52 Å². The normalized spacial score (nSPS) is 17.0. The zero-order valence-corrected chi connectivity index (χ0v) is 17.9. The summed E-state index contributed by atoms with van der Waals surface area (Å²) in [5.41, 5.74) is 4.64. The van der Waals surface area contributed by atoms with Crippen LogP contribution in [0.2, 0.25) is 0 Å². The molecule has 2 aromatic carbocycles. The van der Waals surface area contributed by atoms with Crippen LogP contribution in [0.15, 0.2) is 48.5 Å². The largest absolute Gasteiger partial charge is 0.322 e. The van der Waals surface area contributed by atoms with Gasteiger partial charge in [-0.2, -0.15) is 0 Å². The van der Waals surface area contributed by atoms with Crippen LogP contribution in [0, 0.1) is 5.82 Å². The molecule has 0 fully saturated rings. The molecule has 2 heterocycles. The fraction of sp³-hybridized carbons (Fsp3) is 0.273. The van der Waals surface area contributed by atoms with Crippen molar-refractivity contribution in [1.82, 2.24) is 13.9 Å². The molecular weight excluding hydrogens is 419 g/mol. The lowest BCUT2D eigenvalue weighted by Crippen LogP contribution is -2.39. The average Bonchev–Trinajstić information content (AvgIpc) is 3.17. The number of urea groups is 1. The highest BCUT2D eigenvalue weighted by Gasteiger charge is 2.24. The predicted molar refractivity (Wildman–Crippen MR) is 117 cm³/mol. The molecule has 9 heteroatoms. The van der Waals surface area contributed by atoms with Gasteiger partial charge in [-0.15, -0.1) is 0 Å². The first kappa shape index (κ1) is 21.2. The third-order valence-corrected chi connectivity index (χ3v) is 6.59. The summed E-state index contributed by atoms with van der Waals surface area (Å²) in [5, 5.41) is 2.89. The molecule has 0 aromatic heterocycles. The van der Waals surface area contributed by atoms with Crippen molar-refractivity contribution >= 4 is 34.4 Å². The number of amides is 3. The highest BCUT2D eigenvalue weighted by atomic mass is 32.2. The molecule has 2 aliphatic heterocycles. The Morgan fingerprint density at radius 2 is 1.81 bits per heavy atom. The summed E-state index contributed by atoms with van der Waals surface area (Å²) in [5.74, 6) is -0.617. The highest BCUT2D eigenvalue weighted by molar-refractivity contribution is 7.81. The Morgan fingerprint density at radius 3 is 2.48 bits per heavy atom. The van der Waals surface area contributed by atoms with E-state index in [4.69, 9.17) is 0 Å². The van der Waals surface area contributed by atoms with Crippen molar-refractivity contribution in [2.75, 3.05) is 18.4 Å². The Labute approximate surface area is 182 Å². The van der Waals surface area contributed by atoms with Crippen molar-refractivity contribution < 1.29 is 18.2 Å². The van der Waals surface area contributed by atoms with Gasteiger partial charge in [-0.05, 0) is 52.9 Å². The highest BCUT2D eigenvalue weighted by Crippen LogP contribution is 2.26. The van der Waals surface area contributed by atoms with E-state index in [0.717, 1.165) is 22.3 Å². The number of rotatable bonds is 4. The van der Waals surface area contributed by atoms with Crippen LogP contribution in [0.3, 0.4) is 0 Å². The second kappa shape index (κ2) is 8.99. The summed E-state index contributed by atoms with van der Waals surface area (Å²) in [6, 6.07) is 12.0. The standard InChI is InChI=1S/C22H23FN4O3S/c1-15(28)25-31(30)27-10-8-17(9-11-27)16-3-6-21(7-4-16)24-22(29)26-13-18-2-5-20(23)12-19(18)14-26/h2-8,12H,9-11,13-14H2,1H3,(H,24,29)(H,25,28). The van der Waals surface area contributed by atoms with E-state index in [0.29, 0.717) is 38.3 Å². The summed E-state index contributed by atoms with van der Waals surface area (Å²) < 4.78 is 29.5. The second-order valence-corrected chi connectivity index (χ2v) is 8.77. The van der Waals surface area contributed by atoms with E-state index in [-0.39, 0.29) is 17.8 Å². The SMILES string of the molecule is CC(=O)NS(=O)N1CC=C(c2ccc(NC(=O)N3Cc4ccc(F)cc4C3)cc2)CC1. The van der Waals surface area contributed by atoms with E-state index < -0.39 is 11.2 Å². The maximum Gasteiger partial charge on any atom is 0.322 e. The number of halogens is 1. The molecule has 1 unspecified atom stereocenters. The molecule has 7 nitrogen and oxygen atoms in total. The van der Waals surface area contributed by atoms with E-state index in [9.17, 15) is 18.2 Å². The van der Waals surface area contributed by atoms with Crippen LogP contribution in [0.1, 0.15) is 30.0 Å². The molecule has 0 spiro atoms. The molecule has 2 N–H and O–H groups in total. The van der Waals surface area contributed by atoms with Crippen LogP contribution >= 0.6 is 0 Å². The van der Waals surface area contributed by atoms with Crippen molar-refractivity contribution in [2.45, 2.75) is 26.4 Å². The number of benzene rings is 2. The van der Waals surface area contributed by atoms with E-state index in [2.05, 4.69) is 10.0 Å². The molecule has 1 atom stereocenters. The van der Waals surface area contributed by atoms with Gasteiger partial charge in [0.2, 0.25) is 5.91 Å². The number of fused-ring (bicyclic) bond motifs is 1. The topological polar surface area (TPSA) is 81.8 Å². The summed E-state index contributed by atoms with van der Waals surface area (Å²) in [4.78, 5) is 25.3. The Hall–Kier alpha value is -3.04. The van der Waals surface area contributed by atoms with Crippen molar-refractivity contribution in [3.05, 3.63) is 71.0 Å². The second-order valence-electron chi connectivity index (χ2n) is 7.55. The van der Waals surface area contributed by atoms with Crippen molar-refractivity contribution in [3.8, 4) is 0 Å². The molecule has 0 saturated carbocycles. The van der Waals surface area contributed by atoms with Crippen LogP contribution in [-0.2, 0) is 29.1 Å². The number of nitrogens with one attached hydrogen (secondary N) is 2. The molecule has 3 amide bonds. The fourth-order valence-electron chi connectivity index (χ4n) is 3.73. The lowest BCUT2D eigenvalue weighted by Gasteiger charge is -2.25.